The molecule has 0 aliphatic carbocycles. The summed E-state index contributed by atoms with van der Waals surface area (Å²) < 4.78 is 6.04. The third-order valence-corrected chi connectivity index (χ3v) is 3.10. The molecule has 102 valence electrons. The molecule has 0 saturated heterocycles. The van der Waals surface area contributed by atoms with Crippen LogP contribution in [-0.4, -0.2) is 6.29 Å². The van der Waals surface area contributed by atoms with E-state index in [9.17, 15) is 4.79 Å². The number of carbonyl (C=O) groups is 1. The highest BCUT2D eigenvalue weighted by Gasteiger charge is 2.11. The van der Waals surface area contributed by atoms with Gasteiger partial charge in [0.05, 0.1) is 0 Å². The lowest BCUT2D eigenvalue weighted by atomic mass is 10.1. The van der Waals surface area contributed by atoms with Gasteiger partial charge in [-0.2, -0.15) is 0 Å². The van der Waals surface area contributed by atoms with Crippen LogP contribution in [0.2, 0.25) is 0 Å². The smallest absolute Gasteiger partial charge is 0.142 e. The van der Waals surface area contributed by atoms with Crippen molar-refractivity contribution < 1.29 is 9.53 Å². The Hall–Kier alpha value is -2.35. The maximum Gasteiger partial charge on any atom is 0.142 e. The Balaban J connectivity index is 2.19. The van der Waals surface area contributed by atoms with Crippen molar-refractivity contribution in [1.82, 2.24) is 0 Å². The fourth-order valence-electron chi connectivity index (χ4n) is 2.07. The Labute approximate surface area is 119 Å². The van der Waals surface area contributed by atoms with Gasteiger partial charge in [-0.1, -0.05) is 55.1 Å². The van der Waals surface area contributed by atoms with Crippen molar-refractivity contribution in [3.05, 3.63) is 78.4 Å². The van der Waals surface area contributed by atoms with Crippen LogP contribution in [0.15, 0.2) is 67.3 Å². The topological polar surface area (TPSA) is 26.3 Å². The molecular weight excluding hydrogens is 248 g/mol. The highest BCUT2D eigenvalue weighted by Crippen LogP contribution is 2.26. The largest absolute Gasteiger partial charge is 0.481 e. The molecule has 2 nitrogen and oxygen atoms in total. The second-order valence-electron chi connectivity index (χ2n) is 4.50. The highest BCUT2D eigenvalue weighted by atomic mass is 16.5. The molecule has 2 aromatic carbocycles. The summed E-state index contributed by atoms with van der Waals surface area (Å²) in [6, 6.07) is 17.8. The Bertz CT molecular complexity index is 561. The average molecular weight is 266 g/mol. The van der Waals surface area contributed by atoms with Crippen LogP contribution >= 0.6 is 0 Å². The van der Waals surface area contributed by atoms with E-state index in [-0.39, 0.29) is 6.10 Å². The lowest BCUT2D eigenvalue weighted by molar-refractivity contribution is -0.107. The molecular formula is C18H18O2. The number of rotatable bonds is 7. The number of carbonyl (C=O) groups excluding carboxylic acids is 1. The molecule has 1 unspecified atom stereocenters. The maximum atomic E-state index is 10.5. The van der Waals surface area contributed by atoms with Crippen molar-refractivity contribution in [2.45, 2.75) is 18.9 Å². The SMILES string of the molecule is C=CC(Oc1ccccc1CCC=O)c1ccccc1. The molecule has 0 radical (unpaired) electrons. The van der Waals surface area contributed by atoms with Crippen molar-refractivity contribution in [2.75, 3.05) is 0 Å². The summed E-state index contributed by atoms with van der Waals surface area (Å²) in [5.74, 6) is 0.808. The normalized spacial score (nSPS) is 11.6. The van der Waals surface area contributed by atoms with Gasteiger partial charge < -0.3 is 9.53 Å². The molecule has 2 rings (SSSR count). The zero-order chi connectivity index (χ0) is 14.2. The molecule has 0 aliphatic rings. The van der Waals surface area contributed by atoms with Crippen molar-refractivity contribution >= 4 is 6.29 Å². The van der Waals surface area contributed by atoms with E-state index in [1.807, 2.05) is 54.6 Å². The Morgan fingerprint density at radius 1 is 1.05 bits per heavy atom. The fraction of sp³-hybridized carbons (Fsp3) is 0.167. The summed E-state index contributed by atoms with van der Waals surface area (Å²) in [6.07, 6.45) is 3.72. The monoisotopic (exact) mass is 266 g/mol. The number of hydrogen-bond acceptors (Lipinski definition) is 2. The van der Waals surface area contributed by atoms with Gasteiger partial charge in [-0.15, -0.1) is 0 Å². The molecule has 0 aliphatic heterocycles. The molecule has 0 aromatic heterocycles. The number of para-hydroxylation sites is 1. The maximum absolute atomic E-state index is 10.5. The lowest BCUT2D eigenvalue weighted by Gasteiger charge is -2.18. The summed E-state index contributed by atoms with van der Waals surface area (Å²) in [7, 11) is 0. The molecule has 2 heteroatoms. The summed E-state index contributed by atoms with van der Waals surface area (Å²) in [6.45, 7) is 3.84. The van der Waals surface area contributed by atoms with Crippen molar-refractivity contribution in [3.63, 3.8) is 0 Å². The van der Waals surface area contributed by atoms with Gasteiger partial charge in [0.1, 0.15) is 18.1 Å². The standard InChI is InChI=1S/C18H18O2/c1-2-17(15-9-4-3-5-10-15)20-18-13-7-6-11-16(18)12-8-14-19/h2-7,9-11,13-14,17H,1,8,12H2. The fourth-order valence-corrected chi connectivity index (χ4v) is 2.07. The van der Waals surface area contributed by atoms with Gasteiger partial charge in [0, 0.05) is 6.42 Å². The first-order chi connectivity index (χ1) is 9.85. The highest BCUT2D eigenvalue weighted by molar-refractivity contribution is 5.51. The van der Waals surface area contributed by atoms with Crippen LogP contribution < -0.4 is 4.74 Å². The van der Waals surface area contributed by atoms with Gasteiger partial charge in [-0.25, -0.2) is 0 Å². The molecule has 0 amide bonds. The van der Waals surface area contributed by atoms with Gasteiger partial charge in [-0.3, -0.25) is 0 Å². The first kappa shape index (κ1) is 14.1. The molecule has 0 bridgehead atoms. The molecule has 0 fully saturated rings. The average Bonchev–Trinajstić information content (AvgIpc) is 2.52. The number of hydrogen-bond donors (Lipinski definition) is 0. The van der Waals surface area contributed by atoms with E-state index in [0.29, 0.717) is 12.8 Å². The zero-order valence-electron chi connectivity index (χ0n) is 11.4. The van der Waals surface area contributed by atoms with Gasteiger partial charge >= 0.3 is 0 Å². The molecule has 0 saturated carbocycles. The Morgan fingerprint density at radius 2 is 1.75 bits per heavy atom. The number of benzene rings is 2. The second-order valence-corrected chi connectivity index (χ2v) is 4.50. The quantitative estimate of drug-likeness (QED) is 0.556. The van der Waals surface area contributed by atoms with E-state index in [4.69, 9.17) is 4.74 Å². The van der Waals surface area contributed by atoms with E-state index in [0.717, 1.165) is 23.2 Å². The number of aldehydes is 1. The van der Waals surface area contributed by atoms with Crippen LogP contribution in [0.4, 0.5) is 0 Å². The summed E-state index contributed by atoms with van der Waals surface area (Å²) in [5.41, 5.74) is 2.11. The number of ether oxygens (including phenoxy) is 1. The van der Waals surface area contributed by atoms with Gasteiger partial charge in [0.15, 0.2) is 0 Å². The van der Waals surface area contributed by atoms with E-state index >= 15 is 0 Å². The van der Waals surface area contributed by atoms with Crippen LogP contribution in [-0.2, 0) is 11.2 Å². The molecule has 20 heavy (non-hydrogen) atoms. The second kappa shape index (κ2) is 7.29. The first-order valence-corrected chi connectivity index (χ1v) is 6.71. The predicted octanol–water partition coefficient (Wildman–Crippen LogP) is 4.12. The van der Waals surface area contributed by atoms with Crippen LogP contribution in [0.1, 0.15) is 23.7 Å². The number of aryl methyl sites for hydroxylation is 1. The van der Waals surface area contributed by atoms with Crippen molar-refractivity contribution in [3.8, 4) is 5.75 Å². The van der Waals surface area contributed by atoms with E-state index in [2.05, 4.69) is 6.58 Å². The van der Waals surface area contributed by atoms with Crippen molar-refractivity contribution in [2.24, 2.45) is 0 Å². The first-order valence-electron chi connectivity index (χ1n) is 6.71. The third-order valence-electron chi connectivity index (χ3n) is 3.10. The molecule has 0 N–H and O–H groups in total. The molecule has 0 spiro atoms. The van der Waals surface area contributed by atoms with Crippen LogP contribution in [0, 0.1) is 0 Å². The van der Waals surface area contributed by atoms with Crippen molar-refractivity contribution in [1.29, 1.82) is 0 Å². The summed E-state index contributed by atoms with van der Waals surface area (Å²) in [4.78, 5) is 10.5. The lowest BCUT2D eigenvalue weighted by Crippen LogP contribution is -2.06. The Kier molecular flexibility index (Phi) is 5.13. The summed E-state index contributed by atoms with van der Waals surface area (Å²) >= 11 is 0. The van der Waals surface area contributed by atoms with Gasteiger partial charge in [0.2, 0.25) is 0 Å². The third kappa shape index (κ3) is 3.58. The molecule has 1 atom stereocenters. The minimum Gasteiger partial charge on any atom is -0.481 e. The van der Waals surface area contributed by atoms with Gasteiger partial charge in [0.25, 0.3) is 0 Å². The Morgan fingerprint density at radius 3 is 2.45 bits per heavy atom. The van der Waals surface area contributed by atoms with Crippen LogP contribution in [0.5, 0.6) is 5.75 Å². The van der Waals surface area contributed by atoms with E-state index in [1.54, 1.807) is 6.08 Å². The zero-order valence-corrected chi connectivity index (χ0v) is 11.4. The van der Waals surface area contributed by atoms with Gasteiger partial charge in [-0.05, 0) is 29.7 Å². The van der Waals surface area contributed by atoms with Crippen LogP contribution in [0.3, 0.4) is 0 Å². The molecule has 0 heterocycles. The predicted molar refractivity (Wildman–Crippen MR) is 80.8 cm³/mol. The minimum absolute atomic E-state index is 0.186. The van der Waals surface area contributed by atoms with E-state index in [1.165, 1.54) is 0 Å². The van der Waals surface area contributed by atoms with Crippen LogP contribution in [0.25, 0.3) is 0 Å². The van der Waals surface area contributed by atoms with E-state index < -0.39 is 0 Å². The summed E-state index contributed by atoms with van der Waals surface area (Å²) in [5, 5.41) is 0. The molecule has 2 aromatic rings. The minimum atomic E-state index is -0.186.